The Labute approximate surface area is 130 Å². The molecule has 2 heterocycles. The Kier molecular flexibility index (Phi) is 5.61. The largest absolute Gasteiger partial charge is 0.359 e. The minimum atomic E-state index is 0.0875. The Morgan fingerprint density at radius 2 is 2.19 bits per heavy atom. The molecule has 1 fully saturated rings. The molecule has 0 atom stereocenters. The van der Waals surface area contributed by atoms with Crippen LogP contribution in [0.3, 0.4) is 0 Å². The molecule has 2 N–H and O–H groups in total. The third kappa shape index (κ3) is 3.97. The highest BCUT2D eigenvalue weighted by atomic mass is 35.5. The van der Waals surface area contributed by atoms with Crippen molar-refractivity contribution in [3.05, 3.63) is 11.2 Å². The van der Waals surface area contributed by atoms with Crippen molar-refractivity contribution in [2.75, 3.05) is 36.9 Å². The SMILES string of the molecule is CCCNc1ncc(Cl)c(N2CCC(C(=O)NC)CC2)n1. The van der Waals surface area contributed by atoms with Crippen molar-refractivity contribution < 1.29 is 4.79 Å². The average molecular weight is 312 g/mol. The van der Waals surface area contributed by atoms with Crippen LogP contribution < -0.4 is 15.5 Å². The van der Waals surface area contributed by atoms with Gasteiger partial charge in [0.25, 0.3) is 0 Å². The molecular formula is C14H22ClN5O. The van der Waals surface area contributed by atoms with Crippen LogP contribution in [0.15, 0.2) is 6.20 Å². The van der Waals surface area contributed by atoms with Gasteiger partial charge in [0.15, 0.2) is 5.82 Å². The lowest BCUT2D eigenvalue weighted by Crippen LogP contribution is -2.40. The van der Waals surface area contributed by atoms with Gasteiger partial charge in [0.1, 0.15) is 5.02 Å². The molecule has 0 aliphatic carbocycles. The van der Waals surface area contributed by atoms with Gasteiger partial charge in [-0.2, -0.15) is 4.98 Å². The van der Waals surface area contributed by atoms with E-state index in [1.807, 2.05) is 0 Å². The van der Waals surface area contributed by atoms with Crippen LogP contribution in [0.4, 0.5) is 11.8 Å². The maximum atomic E-state index is 11.7. The lowest BCUT2D eigenvalue weighted by Gasteiger charge is -2.32. The molecular weight excluding hydrogens is 290 g/mol. The number of hydrogen-bond acceptors (Lipinski definition) is 5. The quantitative estimate of drug-likeness (QED) is 0.869. The minimum Gasteiger partial charge on any atom is -0.359 e. The molecule has 1 saturated heterocycles. The zero-order valence-corrected chi connectivity index (χ0v) is 13.3. The van der Waals surface area contributed by atoms with Crippen molar-refractivity contribution in [3.8, 4) is 0 Å². The molecule has 7 heteroatoms. The van der Waals surface area contributed by atoms with Crippen LogP contribution >= 0.6 is 11.6 Å². The van der Waals surface area contributed by atoms with Gasteiger partial charge in [0, 0.05) is 32.6 Å². The van der Waals surface area contributed by atoms with Crippen LogP contribution in [0.25, 0.3) is 0 Å². The number of hydrogen-bond donors (Lipinski definition) is 2. The van der Waals surface area contributed by atoms with Crippen molar-refractivity contribution in [2.24, 2.45) is 5.92 Å². The van der Waals surface area contributed by atoms with Crippen LogP contribution in [-0.4, -0.2) is 42.6 Å². The van der Waals surface area contributed by atoms with Gasteiger partial charge in [-0.3, -0.25) is 4.79 Å². The molecule has 0 unspecified atom stereocenters. The van der Waals surface area contributed by atoms with E-state index in [0.717, 1.165) is 44.7 Å². The molecule has 0 spiro atoms. The van der Waals surface area contributed by atoms with E-state index in [0.29, 0.717) is 11.0 Å². The van der Waals surface area contributed by atoms with Crippen LogP contribution in [0.5, 0.6) is 0 Å². The zero-order chi connectivity index (χ0) is 15.2. The number of nitrogens with one attached hydrogen (secondary N) is 2. The number of amides is 1. The number of rotatable bonds is 5. The zero-order valence-electron chi connectivity index (χ0n) is 12.5. The highest BCUT2D eigenvalue weighted by molar-refractivity contribution is 6.32. The first-order valence-electron chi connectivity index (χ1n) is 7.38. The van der Waals surface area contributed by atoms with Crippen molar-refractivity contribution in [1.29, 1.82) is 0 Å². The van der Waals surface area contributed by atoms with Gasteiger partial charge in [-0.15, -0.1) is 0 Å². The van der Waals surface area contributed by atoms with Crippen molar-refractivity contribution in [2.45, 2.75) is 26.2 Å². The summed E-state index contributed by atoms with van der Waals surface area (Å²) in [7, 11) is 1.68. The molecule has 116 valence electrons. The summed E-state index contributed by atoms with van der Waals surface area (Å²) >= 11 is 6.22. The highest BCUT2D eigenvalue weighted by Gasteiger charge is 2.26. The maximum Gasteiger partial charge on any atom is 0.224 e. The molecule has 0 aromatic carbocycles. The molecule has 6 nitrogen and oxygen atoms in total. The van der Waals surface area contributed by atoms with Gasteiger partial charge in [-0.25, -0.2) is 4.98 Å². The third-order valence-electron chi connectivity index (χ3n) is 3.67. The van der Waals surface area contributed by atoms with Crippen LogP contribution in [0.1, 0.15) is 26.2 Å². The number of carbonyl (C=O) groups excluding carboxylic acids is 1. The first-order chi connectivity index (χ1) is 10.2. The van der Waals surface area contributed by atoms with Crippen LogP contribution in [0.2, 0.25) is 5.02 Å². The Morgan fingerprint density at radius 3 is 2.81 bits per heavy atom. The standard InChI is InChI=1S/C14H22ClN5O/c1-3-6-17-14-18-9-11(15)12(19-14)20-7-4-10(5-8-20)13(21)16-2/h9-10H,3-8H2,1-2H3,(H,16,21)(H,17,18,19). The lowest BCUT2D eigenvalue weighted by atomic mass is 9.96. The summed E-state index contributed by atoms with van der Waals surface area (Å²) in [5.41, 5.74) is 0. The second-order valence-electron chi connectivity index (χ2n) is 5.17. The maximum absolute atomic E-state index is 11.7. The van der Waals surface area contributed by atoms with Crippen LogP contribution in [-0.2, 0) is 4.79 Å². The molecule has 1 aromatic rings. The fourth-order valence-electron chi connectivity index (χ4n) is 2.46. The topological polar surface area (TPSA) is 70.2 Å². The van der Waals surface area contributed by atoms with E-state index in [4.69, 9.17) is 11.6 Å². The fourth-order valence-corrected chi connectivity index (χ4v) is 2.67. The summed E-state index contributed by atoms with van der Waals surface area (Å²) in [5, 5.41) is 6.43. The normalized spacial score (nSPS) is 15.9. The molecule has 0 radical (unpaired) electrons. The lowest BCUT2D eigenvalue weighted by molar-refractivity contribution is -0.125. The molecule has 0 bridgehead atoms. The molecule has 1 aromatic heterocycles. The molecule has 1 amide bonds. The van der Waals surface area contributed by atoms with Crippen molar-refractivity contribution in [3.63, 3.8) is 0 Å². The Hall–Kier alpha value is -1.56. The Bertz CT molecular complexity index is 488. The fraction of sp³-hybridized carbons (Fsp3) is 0.643. The molecule has 21 heavy (non-hydrogen) atoms. The summed E-state index contributed by atoms with van der Waals surface area (Å²) < 4.78 is 0. The number of anilines is 2. The number of halogens is 1. The van der Waals surface area contributed by atoms with Crippen molar-refractivity contribution >= 4 is 29.3 Å². The monoisotopic (exact) mass is 311 g/mol. The average Bonchev–Trinajstić information content (AvgIpc) is 2.53. The van der Waals surface area contributed by atoms with Gasteiger partial charge in [0.2, 0.25) is 11.9 Å². The number of nitrogens with zero attached hydrogens (tertiary/aromatic N) is 3. The highest BCUT2D eigenvalue weighted by Crippen LogP contribution is 2.28. The summed E-state index contributed by atoms with van der Waals surface area (Å²) in [5.74, 6) is 1.56. The van der Waals surface area contributed by atoms with E-state index in [1.165, 1.54) is 0 Å². The number of aromatic nitrogens is 2. The predicted octanol–water partition coefficient (Wildman–Crippen LogP) is 1.91. The predicted molar refractivity (Wildman–Crippen MR) is 84.8 cm³/mol. The second-order valence-corrected chi connectivity index (χ2v) is 5.57. The van der Waals surface area contributed by atoms with Gasteiger partial charge in [-0.1, -0.05) is 18.5 Å². The van der Waals surface area contributed by atoms with Gasteiger partial charge in [-0.05, 0) is 19.3 Å². The smallest absolute Gasteiger partial charge is 0.224 e. The molecule has 1 aliphatic rings. The summed E-state index contributed by atoms with van der Waals surface area (Å²) in [6, 6.07) is 0. The van der Waals surface area contributed by atoms with Gasteiger partial charge >= 0.3 is 0 Å². The van der Waals surface area contributed by atoms with Crippen LogP contribution in [0, 0.1) is 5.92 Å². The summed E-state index contributed by atoms with van der Waals surface area (Å²) in [4.78, 5) is 22.5. The first-order valence-corrected chi connectivity index (χ1v) is 7.76. The number of piperidine rings is 1. The Morgan fingerprint density at radius 1 is 1.48 bits per heavy atom. The van der Waals surface area contributed by atoms with E-state index in [1.54, 1.807) is 13.2 Å². The summed E-state index contributed by atoms with van der Waals surface area (Å²) in [6.45, 7) is 4.48. The first kappa shape index (κ1) is 15.8. The molecule has 2 rings (SSSR count). The molecule has 0 saturated carbocycles. The Balaban J connectivity index is 2.03. The van der Waals surface area contributed by atoms with Gasteiger partial charge < -0.3 is 15.5 Å². The van der Waals surface area contributed by atoms with E-state index >= 15 is 0 Å². The third-order valence-corrected chi connectivity index (χ3v) is 3.94. The summed E-state index contributed by atoms with van der Waals surface area (Å²) in [6.07, 6.45) is 4.28. The van der Waals surface area contributed by atoms with E-state index in [2.05, 4.69) is 32.4 Å². The van der Waals surface area contributed by atoms with E-state index in [-0.39, 0.29) is 11.8 Å². The van der Waals surface area contributed by atoms with Gasteiger partial charge in [0.05, 0.1) is 6.20 Å². The minimum absolute atomic E-state index is 0.0875. The number of carbonyl (C=O) groups is 1. The van der Waals surface area contributed by atoms with E-state index in [9.17, 15) is 4.79 Å². The second kappa shape index (κ2) is 7.45. The molecule has 1 aliphatic heterocycles. The van der Waals surface area contributed by atoms with Crippen molar-refractivity contribution in [1.82, 2.24) is 15.3 Å². The van der Waals surface area contributed by atoms with E-state index < -0.39 is 0 Å².